The van der Waals surface area contributed by atoms with Crippen LogP contribution >= 0.6 is 0 Å². The summed E-state index contributed by atoms with van der Waals surface area (Å²) in [6.07, 6.45) is 6.19. The third-order valence-electron chi connectivity index (χ3n) is 7.33. The van der Waals surface area contributed by atoms with E-state index in [0.29, 0.717) is 17.1 Å². The number of anilines is 1. The van der Waals surface area contributed by atoms with Gasteiger partial charge in [-0.3, -0.25) is 19.2 Å². The molecule has 1 N–H and O–H groups in total. The Morgan fingerprint density at radius 2 is 1.77 bits per heavy atom. The fourth-order valence-electron chi connectivity index (χ4n) is 5.22. The lowest BCUT2D eigenvalue weighted by atomic mass is 9.91. The molecule has 6 nitrogen and oxygen atoms in total. The van der Waals surface area contributed by atoms with Gasteiger partial charge in [0.15, 0.2) is 0 Å². The number of nitrogens with zero attached hydrogens (tertiary/aromatic N) is 3. The molecule has 0 saturated heterocycles. The molecule has 0 radical (unpaired) electrons. The zero-order valence-electron chi connectivity index (χ0n) is 20.3. The maximum atomic E-state index is 13.9. The first-order valence-corrected chi connectivity index (χ1v) is 12.5. The molecule has 0 spiro atoms. The van der Waals surface area contributed by atoms with Crippen molar-refractivity contribution < 1.29 is 14.0 Å². The third-order valence-corrected chi connectivity index (χ3v) is 7.33. The Kier molecular flexibility index (Phi) is 6.17. The lowest BCUT2D eigenvalue weighted by molar-refractivity contribution is -0.127. The minimum absolute atomic E-state index is 0.102. The Labute approximate surface area is 205 Å². The van der Waals surface area contributed by atoms with Gasteiger partial charge in [0, 0.05) is 17.3 Å². The van der Waals surface area contributed by atoms with Crippen LogP contribution in [0.1, 0.15) is 62.0 Å². The van der Waals surface area contributed by atoms with Crippen molar-refractivity contribution in [1.82, 2.24) is 15.1 Å². The van der Waals surface area contributed by atoms with Crippen LogP contribution in [0.3, 0.4) is 0 Å². The quantitative estimate of drug-likeness (QED) is 0.558. The first-order chi connectivity index (χ1) is 16.9. The summed E-state index contributed by atoms with van der Waals surface area (Å²) in [5.41, 5.74) is 2.51. The molecule has 1 atom stereocenters. The molecular formula is C28H31FN4O2. The largest absolute Gasteiger partial charge is 0.351 e. The topological polar surface area (TPSA) is 67.2 Å². The summed E-state index contributed by atoms with van der Waals surface area (Å²) in [4.78, 5) is 29.1. The molecule has 35 heavy (non-hydrogen) atoms. The number of rotatable bonds is 5. The predicted octanol–water partition coefficient (Wildman–Crippen LogP) is 5.12. The second-order valence-electron chi connectivity index (χ2n) is 9.82. The molecule has 1 aliphatic carbocycles. The van der Waals surface area contributed by atoms with Gasteiger partial charge in [-0.25, -0.2) is 4.39 Å². The number of aromatic nitrogens is 2. The second kappa shape index (κ2) is 9.29. The normalized spacial score (nSPS) is 20.5. The average molecular weight is 475 g/mol. The van der Waals surface area contributed by atoms with Gasteiger partial charge in [0.1, 0.15) is 17.1 Å². The van der Waals surface area contributed by atoms with E-state index >= 15 is 0 Å². The Balaban J connectivity index is 1.54. The number of benzene rings is 2. The highest BCUT2D eigenvalue weighted by Crippen LogP contribution is 2.35. The number of carbonyl (C=O) groups is 2. The van der Waals surface area contributed by atoms with Crippen LogP contribution < -0.4 is 10.2 Å². The van der Waals surface area contributed by atoms with E-state index in [-0.39, 0.29) is 24.4 Å². The molecule has 1 unspecified atom stereocenters. The van der Waals surface area contributed by atoms with E-state index in [4.69, 9.17) is 5.10 Å². The van der Waals surface area contributed by atoms with Crippen LogP contribution in [0.4, 0.5) is 10.1 Å². The fourth-order valence-corrected chi connectivity index (χ4v) is 5.22. The molecule has 182 valence electrons. The molecule has 2 heterocycles. The standard InChI is InChI=1S/C28H31FN4O2/c1-3-19-9-11-20(12-10-19)24-17-25-26(34)33(23-15-13-21(29)14-16-23)28(2,18-32(25)31-24)27(35)30-22-7-5-4-6-8-22/h9-17,22H,3-8,18H2,1-2H3,(H,30,35). The Bertz CT molecular complexity index is 1230. The first-order valence-electron chi connectivity index (χ1n) is 12.5. The number of halogens is 1. The molecule has 2 aliphatic rings. The van der Waals surface area contributed by atoms with Gasteiger partial charge in [0.25, 0.3) is 5.91 Å². The molecule has 1 aliphatic heterocycles. The summed E-state index contributed by atoms with van der Waals surface area (Å²) in [5, 5.41) is 7.92. The van der Waals surface area contributed by atoms with Crippen LogP contribution in [0.15, 0.2) is 54.6 Å². The lowest BCUT2D eigenvalue weighted by Gasteiger charge is -2.44. The van der Waals surface area contributed by atoms with Gasteiger partial charge in [-0.1, -0.05) is 50.5 Å². The predicted molar refractivity (Wildman–Crippen MR) is 134 cm³/mol. The number of nitrogens with one attached hydrogen (secondary N) is 1. The Morgan fingerprint density at radius 1 is 1.09 bits per heavy atom. The Morgan fingerprint density at radius 3 is 2.43 bits per heavy atom. The molecule has 1 aromatic heterocycles. The van der Waals surface area contributed by atoms with Crippen LogP contribution in [0, 0.1) is 5.82 Å². The molecule has 2 aromatic carbocycles. The van der Waals surface area contributed by atoms with Crippen LogP contribution in [-0.4, -0.2) is 33.2 Å². The molecule has 7 heteroatoms. The van der Waals surface area contributed by atoms with Crippen molar-refractivity contribution in [2.45, 2.75) is 70.5 Å². The SMILES string of the molecule is CCc1ccc(-c2cc3n(n2)CC(C)(C(=O)NC2CCCCC2)N(c2ccc(F)cc2)C3=O)cc1. The van der Waals surface area contributed by atoms with Gasteiger partial charge >= 0.3 is 0 Å². The number of hydrogen-bond acceptors (Lipinski definition) is 3. The smallest absolute Gasteiger partial charge is 0.277 e. The summed E-state index contributed by atoms with van der Waals surface area (Å²) in [5.74, 6) is -0.931. The van der Waals surface area contributed by atoms with E-state index in [1.807, 2.05) is 12.1 Å². The zero-order valence-corrected chi connectivity index (χ0v) is 20.3. The van der Waals surface area contributed by atoms with Crippen molar-refractivity contribution >= 4 is 17.5 Å². The van der Waals surface area contributed by atoms with E-state index in [0.717, 1.165) is 37.7 Å². The van der Waals surface area contributed by atoms with Crippen molar-refractivity contribution in [2.75, 3.05) is 4.90 Å². The van der Waals surface area contributed by atoms with Gasteiger partial charge in [0.05, 0.1) is 12.2 Å². The molecule has 3 aromatic rings. The number of carbonyl (C=O) groups excluding carboxylic acids is 2. The highest BCUT2D eigenvalue weighted by molar-refractivity contribution is 6.12. The zero-order chi connectivity index (χ0) is 24.6. The van der Waals surface area contributed by atoms with Gasteiger partial charge in [-0.15, -0.1) is 0 Å². The minimum atomic E-state index is -1.21. The monoisotopic (exact) mass is 474 g/mol. The van der Waals surface area contributed by atoms with Crippen molar-refractivity contribution in [3.63, 3.8) is 0 Å². The van der Waals surface area contributed by atoms with E-state index < -0.39 is 11.4 Å². The van der Waals surface area contributed by atoms with E-state index in [1.54, 1.807) is 29.8 Å². The summed E-state index contributed by atoms with van der Waals surface area (Å²) in [6, 6.07) is 15.7. The van der Waals surface area contributed by atoms with Gasteiger partial charge in [0.2, 0.25) is 5.91 Å². The minimum Gasteiger partial charge on any atom is -0.351 e. The molecule has 2 amide bonds. The second-order valence-corrected chi connectivity index (χ2v) is 9.82. The van der Waals surface area contributed by atoms with Gasteiger partial charge < -0.3 is 5.32 Å². The maximum Gasteiger partial charge on any atom is 0.277 e. The van der Waals surface area contributed by atoms with Crippen molar-refractivity contribution in [1.29, 1.82) is 0 Å². The molecule has 1 fully saturated rings. The Hall–Kier alpha value is -3.48. The summed E-state index contributed by atoms with van der Waals surface area (Å²) < 4.78 is 15.3. The van der Waals surface area contributed by atoms with Crippen LogP contribution in [-0.2, 0) is 17.8 Å². The van der Waals surface area contributed by atoms with Crippen LogP contribution in [0.5, 0.6) is 0 Å². The summed E-state index contributed by atoms with van der Waals surface area (Å²) in [6.45, 7) is 4.08. The van der Waals surface area contributed by atoms with Crippen molar-refractivity contribution in [3.8, 4) is 11.3 Å². The van der Waals surface area contributed by atoms with Gasteiger partial charge in [-0.2, -0.15) is 5.10 Å². The fraction of sp³-hybridized carbons (Fsp3) is 0.393. The highest BCUT2D eigenvalue weighted by atomic mass is 19.1. The number of aryl methyl sites for hydroxylation is 1. The first kappa shape index (κ1) is 23.3. The number of hydrogen-bond donors (Lipinski definition) is 1. The van der Waals surface area contributed by atoms with Crippen LogP contribution in [0.25, 0.3) is 11.3 Å². The number of fused-ring (bicyclic) bond motifs is 1. The highest BCUT2D eigenvalue weighted by Gasteiger charge is 2.49. The van der Waals surface area contributed by atoms with E-state index in [1.165, 1.54) is 29.0 Å². The molecule has 0 bridgehead atoms. The summed E-state index contributed by atoms with van der Waals surface area (Å²) in [7, 11) is 0. The lowest BCUT2D eigenvalue weighted by Crippen LogP contribution is -2.65. The van der Waals surface area contributed by atoms with Gasteiger partial charge in [-0.05, 0) is 62.1 Å². The number of amides is 2. The van der Waals surface area contributed by atoms with E-state index in [2.05, 4.69) is 24.4 Å². The molecule has 5 rings (SSSR count). The molecule has 1 saturated carbocycles. The van der Waals surface area contributed by atoms with E-state index in [9.17, 15) is 14.0 Å². The maximum absolute atomic E-state index is 13.9. The molecular weight excluding hydrogens is 443 g/mol. The summed E-state index contributed by atoms with van der Waals surface area (Å²) >= 11 is 0. The van der Waals surface area contributed by atoms with Crippen molar-refractivity contribution in [3.05, 3.63) is 71.7 Å². The third kappa shape index (κ3) is 4.35. The van der Waals surface area contributed by atoms with Crippen LogP contribution in [0.2, 0.25) is 0 Å². The average Bonchev–Trinajstić information content (AvgIpc) is 3.30. The van der Waals surface area contributed by atoms with Crippen molar-refractivity contribution in [2.24, 2.45) is 0 Å².